The number of hydrogen-bond donors (Lipinski definition) is 7. The van der Waals surface area contributed by atoms with Crippen molar-refractivity contribution in [2.24, 2.45) is 0 Å². The van der Waals surface area contributed by atoms with Gasteiger partial charge in [0.1, 0.15) is 18.2 Å². The third kappa shape index (κ3) is 6.49. The number of urea groups is 2. The molecule has 50 heavy (non-hydrogen) atoms. The van der Waals surface area contributed by atoms with Crippen molar-refractivity contribution >= 4 is 46.6 Å². The number of pyridine rings is 1. The van der Waals surface area contributed by atoms with Crippen LogP contribution in [0.3, 0.4) is 0 Å². The summed E-state index contributed by atoms with van der Waals surface area (Å²) in [5.74, 6) is 0.220. The van der Waals surface area contributed by atoms with Gasteiger partial charge in [0.2, 0.25) is 5.95 Å². The number of benzene rings is 1. The van der Waals surface area contributed by atoms with E-state index < -0.39 is 48.3 Å². The predicted molar refractivity (Wildman–Crippen MR) is 181 cm³/mol. The molecule has 0 spiro atoms. The van der Waals surface area contributed by atoms with Crippen LogP contribution in [-0.4, -0.2) is 119 Å². The molecule has 2 aliphatic heterocycles. The van der Waals surface area contributed by atoms with Gasteiger partial charge in [-0.2, -0.15) is 9.97 Å². The third-order valence-corrected chi connectivity index (χ3v) is 9.50. The number of carbonyl (C=O) groups excluding carboxylic acids is 3. The molecule has 0 bridgehead atoms. The molecule has 1 aromatic carbocycles. The minimum Gasteiger partial charge on any atom is -0.394 e. The topological polar surface area (TPSA) is 223 Å². The number of amides is 5. The fourth-order valence-corrected chi connectivity index (χ4v) is 6.95. The summed E-state index contributed by atoms with van der Waals surface area (Å²) in [4.78, 5) is 59.3. The lowest BCUT2D eigenvalue weighted by Gasteiger charge is -2.24. The second-order valence-corrected chi connectivity index (χ2v) is 12.9. The Labute approximate surface area is 286 Å². The van der Waals surface area contributed by atoms with Crippen LogP contribution in [0.15, 0.2) is 61.2 Å². The van der Waals surface area contributed by atoms with Gasteiger partial charge in [-0.15, -0.1) is 0 Å². The van der Waals surface area contributed by atoms with Gasteiger partial charge in [-0.25, -0.2) is 14.6 Å². The largest absolute Gasteiger partial charge is 0.394 e. The number of imidazole rings is 1. The quantitative estimate of drug-likeness (QED) is 0.114. The summed E-state index contributed by atoms with van der Waals surface area (Å²) >= 11 is 0. The van der Waals surface area contributed by atoms with E-state index in [1.165, 1.54) is 6.33 Å². The number of nitrogens with one attached hydrogen (secondary N) is 4. The number of rotatable bonds is 10. The van der Waals surface area contributed by atoms with Crippen molar-refractivity contribution in [1.29, 1.82) is 0 Å². The van der Waals surface area contributed by atoms with Crippen LogP contribution in [0, 0.1) is 0 Å². The number of hydrogen-bond acceptors (Lipinski definition) is 12. The van der Waals surface area contributed by atoms with Gasteiger partial charge in [0.05, 0.1) is 42.9 Å². The van der Waals surface area contributed by atoms with E-state index >= 15 is 0 Å². The molecule has 0 unspecified atom stereocenters. The average molecular weight is 686 g/mol. The number of nitrogens with zero attached hydrogens (tertiary/aromatic N) is 7. The lowest BCUT2D eigenvalue weighted by Crippen LogP contribution is -2.47. The van der Waals surface area contributed by atoms with Gasteiger partial charge in [-0.1, -0.05) is 30.3 Å². The van der Waals surface area contributed by atoms with E-state index in [2.05, 4.69) is 31.2 Å². The van der Waals surface area contributed by atoms with Crippen molar-refractivity contribution in [1.82, 2.24) is 40.0 Å². The Morgan fingerprint density at radius 2 is 1.88 bits per heavy atom. The molecule has 7 rings (SSSR count). The number of imide groups is 1. The Hall–Kier alpha value is -5.39. The second-order valence-electron chi connectivity index (χ2n) is 12.9. The fourth-order valence-electron chi connectivity index (χ4n) is 6.95. The van der Waals surface area contributed by atoms with Crippen LogP contribution in [0.4, 0.5) is 27.0 Å². The average Bonchev–Trinajstić information content (AvgIpc) is 3.88. The van der Waals surface area contributed by atoms with Crippen LogP contribution in [0.2, 0.25) is 0 Å². The molecule has 17 heteroatoms. The molecular formula is C33H39N11O6. The number of aromatic nitrogens is 5. The van der Waals surface area contributed by atoms with Gasteiger partial charge in [-0.05, 0) is 43.9 Å². The zero-order valence-corrected chi connectivity index (χ0v) is 27.3. The van der Waals surface area contributed by atoms with Crippen molar-refractivity contribution in [3.8, 4) is 0 Å². The number of aliphatic hydroxyl groups is 3. The molecule has 3 aliphatic rings. The van der Waals surface area contributed by atoms with E-state index in [9.17, 15) is 29.7 Å². The predicted octanol–water partition coefficient (Wildman–Crippen LogP) is 0.613. The van der Waals surface area contributed by atoms with Crippen LogP contribution in [0.1, 0.15) is 31.4 Å². The zero-order valence-electron chi connectivity index (χ0n) is 27.3. The first kappa shape index (κ1) is 33.1. The molecule has 4 aromatic rings. The molecule has 2 saturated heterocycles. The number of fused-ring (bicyclic) bond motifs is 1. The monoisotopic (exact) mass is 685 g/mol. The Kier molecular flexibility index (Phi) is 9.18. The van der Waals surface area contributed by atoms with Crippen LogP contribution in [0.5, 0.6) is 0 Å². The van der Waals surface area contributed by atoms with Crippen LogP contribution in [0.25, 0.3) is 11.2 Å². The van der Waals surface area contributed by atoms with E-state index in [1.54, 1.807) is 36.0 Å². The molecule has 5 heterocycles. The number of anilines is 3. The molecule has 3 aromatic heterocycles. The fraction of sp³-hybridized carbons (Fsp3) is 0.424. The molecule has 7 atom stereocenters. The molecule has 17 nitrogen and oxygen atoms in total. The lowest BCUT2D eigenvalue weighted by molar-refractivity contribution is -0.130. The summed E-state index contributed by atoms with van der Waals surface area (Å²) < 4.78 is 1.64. The maximum Gasteiger partial charge on any atom is 0.325 e. The highest BCUT2D eigenvalue weighted by molar-refractivity contribution is 6.04. The van der Waals surface area contributed by atoms with Crippen LogP contribution < -0.4 is 26.2 Å². The van der Waals surface area contributed by atoms with Gasteiger partial charge in [0, 0.05) is 25.3 Å². The summed E-state index contributed by atoms with van der Waals surface area (Å²) in [5.41, 5.74) is 2.30. The Morgan fingerprint density at radius 3 is 2.60 bits per heavy atom. The van der Waals surface area contributed by atoms with E-state index in [-0.39, 0.29) is 25.1 Å². The Morgan fingerprint density at radius 1 is 1.08 bits per heavy atom. The Bertz CT molecular complexity index is 1860. The maximum absolute atomic E-state index is 12.8. The van der Waals surface area contributed by atoms with Gasteiger partial charge >= 0.3 is 12.1 Å². The maximum atomic E-state index is 12.8. The third-order valence-electron chi connectivity index (χ3n) is 9.50. The number of aliphatic hydroxyl groups excluding tert-OH is 3. The molecule has 7 N–H and O–H groups in total. The van der Waals surface area contributed by atoms with Crippen molar-refractivity contribution in [3.63, 3.8) is 0 Å². The zero-order chi connectivity index (χ0) is 34.9. The summed E-state index contributed by atoms with van der Waals surface area (Å²) in [6, 6.07) is 9.08. The van der Waals surface area contributed by atoms with Crippen molar-refractivity contribution < 1.29 is 29.7 Å². The minimum atomic E-state index is -1.40. The smallest absolute Gasteiger partial charge is 0.325 e. The Balaban J connectivity index is 1.18. The van der Waals surface area contributed by atoms with Gasteiger partial charge in [0.15, 0.2) is 17.0 Å². The highest BCUT2D eigenvalue weighted by atomic mass is 16.3. The molecule has 1 saturated carbocycles. The van der Waals surface area contributed by atoms with Crippen molar-refractivity contribution in [3.05, 3.63) is 66.7 Å². The summed E-state index contributed by atoms with van der Waals surface area (Å²) in [6.45, 7) is 2.30. The molecule has 3 fully saturated rings. The minimum absolute atomic E-state index is 0.0663. The molecule has 262 valence electrons. The van der Waals surface area contributed by atoms with Gasteiger partial charge in [-0.3, -0.25) is 14.7 Å². The van der Waals surface area contributed by atoms with Crippen molar-refractivity contribution in [2.75, 3.05) is 35.2 Å². The van der Waals surface area contributed by atoms with Gasteiger partial charge in [0.25, 0.3) is 5.91 Å². The molecule has 5 amide bonds. The summed E-state index contributed by atoms with van der Waals surface area (Å²) in [7, 11) is 0. The normalized spacial score (nSPS) is 25.6. The second kappa shape index (κ2) is 13.9. The summed E-state index contributed by atoms with van der Waals surface area (Å²) in [5, 5.41) is 44.3. The molecular weight excluding hydrogens is 646 g/mol. The standard InChI is InChI=1S/C33H39N11O6/c1-18-30(48)44(33(50)36-18)24-13-23(26(46)27(24)47)43-17-35-25-28(37-22(16-45)12-19-6-3-2-4-7-19)40-31(41-29(25)43)42-11-9-21(15-42)39-32(49)38-20-8-5-10-34-14-20/h2-8,10,14,17-18,21-24,26-27,45-47H,9,11-13,15-16H2,1H3,(H,36,50)(H,37,40,41)(H2,38,39,49)/t18-,21+,22-,23+,24-,26-,27+/m0/s1. The highest BCUT2D eigenvalue weighted by Gasteiger charge is 2.51. The summed E-state index contributed by atoms with van der Waals surface area (Å²) in [6.07, 6.45) is 3.12. The molecule has 0 radical (unpaired) electrons. The van der Waals surface area contributed by atoms with E-state index in [1.807, 2.05) is 35.2 Å². The first-order chi connectivity index (χ1) is 24.2. The van der Waals surface area contributed by atoms with Gasteiger partial charge < -0.3 is 46.1 Å². The SMILES string of the molecule is C[C@@H]1NC(=O)N([C@H]2C[C@@H](n3cnc4c(N[C@H](CO)Cc5ccccc5)nc(N5CC[C@@H](NC(=O)Nc6cccnc6)C5)nc43)[C@H](O)[C@@H]2O)C1=O. The van der Waals surface area contributed by atoms with E-state index in [0.29, 0.717) is 54.5 Å². The first-order valence-corrected chi connectivity index (χ1v) is 16.6. The van der Waals surface area contributed by atoms with Crippen molar-refractivity contribution in [2.45, 2.75) is 68.6 Å². The van der Waals surface area contributed by atoms with E-state index in [4.69, 9.17) is 9.97 Å². The van der Waals surface area contributed by atoms with Crippen LogP contribution >= 0.6 is 0 Å². The highest BCUT2D eigenvalue weighted by Crippen LogP contribution is 2.38. The van der Waals surface area contributed by atoms with E-state index in [0.717, 1.165) is 10.5 Å². The van der Waals surface area contributed by atoms with Crippen LogP contribution in [-0.2, 0) is 11.2 Å². The first-order valence-electron chi connectivity index (χ1n) is 16.6. The number of carbonyl (C=O) groups is 3. The lowest BCUT2D eigenvalue weighted by atomic mass is 10.1. The molecule has 1 aliphatic carbocycles.